The number of nitrogens with zero attached hydrogens (tertiary/aromatic N) is 2. The summed E-state index contributed by atoms with van der Waals surface area (Å²) in [6.45, 7) is 2.11. The molecular formula is C14H20ClN3O. The highest BCUT2D eigenvalue weighted by Gasteiger charge is 2.24. The van der Waals surface area contributed by atoms with Gasteiger partial charge in [0.05, 0.1) is 12.4 Å². The van der Waals surface area contributed by atoms with E-state index in [2.05, 4.69) is 22.2 Å². The van der Waals surface area contributed by atoms with Crippen LogP contribution in [-0.4, -0.2) is 21.9 Å². The van der Waals surface area contributed by atoms with Gasteiger partial charge in [-0.2, -0.15) is 0 Å². The summed E-state index contributed by atoms with van der Waals surface area (Å²) in [6.07, 6.45) is 10.1. The molecule has 1 atom stereocenters. The zero-order valence-electron chi connectivity index (χ0n) is 11.2. The first kappa shape index (κ1) is 14.3. The molecule has 1 heterocycles. The van der Waals surface area contributed by atoms with Gasteiger partial charge in [0.1, 0.15) is 10.8 Å². The third kappa shape index (κ3) is 3.90. The second-order valence-electron chi connectivity index (χ2n) is 5.11. The van der Waals surface area contributed by atoms with Gasteiger partial charge in [-0.25, -0.2) is 4.98 Å². The molecular weight excluding hydrogens is 262 g/mol. The maximum Gasteiger partial charge on any atom is 0.271 e. The van der Waals surface area contributed by atoms with Crippen LogP contribution in [0.5, 0.6) is 0 Å². The Morgan fingerprint density at radius 3 is 2.79 bits per heavy atom. The van der Waals surface area contributed by atoms with Crippen molar-refractivity contribution in [1.29, 1.82) is 0 Å². The van der Waals surface area contributed by atoms with E-state index >= 15 is 0 Å². The van der Waals surface area contributed by atoms with E-state index in [0.717, 1.165) is 6.42 Å². The third-order valence-corrected chi connectivity index (χ3v) is 4.00. The largest absolute Gasteiger partial charge is 0.348 e. The fraction of sp³-hybridized carbons (Fsp3) is 0.643. The molecule has 1 amide bonds. The van der Waals surface area contributed by atoms with Gasteiger partial charge in [-0.15, -0.1) is 0 Å². The number of carbonyl (C=O) groups is 1. The number of aromatic nitrogens is 2. The Morgan fingerprint density at radius 1 is 1.42 bits per heavy atom. The highest BCUT2D eigenvalue weighted by atomic mass is 35.5. The summed E-state index contributed by atoms with van der Waals surface area (Å²) in [4.78, 5) is 20.0. The first-order valence-corrected chi connectivity index (χ1v) is 7.37. The van der Waals surface area contributed by atoms with Gasteiger partial charge in [0.15, 0.2) is 0 Å². The van der Waals surface area contributed by atoms with Gasteiger partial charge in [0.25, 0.3) is 5.91 Å². The summed E-state index contributed by atoms with van der Waals surface area (Å²) in [5.74, 6) is 0.419. The summed E-state index contributed by atoms with van der Waals surface area (Å²) < 4.78 is 0. The Morgan fingerprint density at radius 2 is 2.16 bits per heavy atom. The lowest BCUT2D eigenvalue weighted by Gasteiger charge is -2.30. The van der Waals surface area contributed by atoms with E-state index in [9.17, 15) is 4.79 Å². The molecule has 2 rings (SSSR count). The fourth-order valence-electron chi connectivity index (χ4n) is 2.78. The quantitative estimate of drug-likeness (QED) is 0.922. The van der Waals surface area contributed by atoms with E-state index in [0.29, 0.717) is 11.6 Å². The number of rotatable bonds is 4. The second kappa shape index (κ2) is 6.85. The van der Waals surface area contributed by atoms with Crippen LogP contribution in [0, 0.1) is 5.92 Å². The first-order chi connectivity index (χ1) is 9.20. The predicted octanol–water partition coefficient (Wildman–Crippen LogP) is 3.22. The standard InChI is InChI=1S/C14H20ClN3O/c1-2-11(10-6-4-3-5-7-10)18-14(19)12-8-16-9-13(15)17-12/h8-11H,2-7H2,1H3,(H,18,19). The molecule has 1 unspecified atom stereocenters. The summed E-state index contributed by atoms with van der Waals surface area (Å²) >= 11 is 5.75. The smallest absolute Gasteiger partial charge is 0.271 e. The number of hydrogen-bond donors (Lipinski definition) is 1. The Balaban J connectivity index is 1.99. The molecule has 1 aromatic heterocycles. The van der Waals surface area contributed by atoms with Crippen molar-refractivity contribution in [3.63, 3.8) is 0 Å². The normalized spacial score (nSPS) is 18.0. The van der Waals surface area contributed by atoms with E-state index in [1.165, 1.54) is 44.5 Å². The van der Waals surface area contributed by atoms with Gasteiger partial charge < -0.3 is 5.32 Å². The lowest BCUT2D eigenvalue weighted by atomic mass is 9.83. The molecule has 104 valence electrons. The van der Waals surface area contributed by atoms with Crippen LogP contribution >= 0.6 is 11.6 Å². The van der Waals surface area contributed by atoms with Gasteiger partial charge in [-0.05, 0) is 25.2 Å². The SMILES string of the molecule is CCC(NC(=O)c1cncc(Cl)n1)C1CCCCC1. The molecule has 1 saturated carbocycles. The lowest BCUT2D eigenvalue weighted by molar-refractivity contribution is 0.0905. The molecule has 0 bridgehead atoms. The average molecular weight is 282 g/mol. The summed E-state index contributed by atoms with van der Waals surface area (Å²) in [6, 6.07) is 0.230. The van der Waals surface area contributed by atoms with Gasteiger partial charge in [0.2, 0.25) is 0 Å². The van der Waals surface area contributed by atoms with E-state index in [4.69, 9.17) is 11.6 Å². The molecule has 0 spiro atoms. The topological polar surface area (TPSA) is 54.9 Å². The van der Waals surface area contributed by atoms with Gasteiger partial charge in [-0.3, -0.25) is 9.78 Å². The van der Waals surface area contributed by atoms with Crippen molar-refractivity contribution in [2.75, 3.05) is 0 Å². The monoisotopic (exact) mass is 281 g/mol. The van der Waals surface area contributed by atoms with Crippen molar-refractivity contribution < 1.29 is 4.79 Å². The minimum absolute atomic E-state index is 0.174. The van der Waals surface area contributed by atoms with E-state index in [1.54, 1.807) is 0 Å². The van der Waals surface area contributed by atoms with E-state index in [1.807, 2.05) is 0 Å². The van der Waals surface area contributed by atoms with Crippen molar-refractivity contribution in [2.24, 2.45) is 5.92 Å². The third-order valence-electron chi connectivity index (χ3n) is 3.81. The maximum atomic E-state index is 12.1. The van der Waals surface area contributed by atoms with Gasteiger partial charge in [-0.1, -0.05) is 37.8 Å². The van der Waals surface area contributed by atoms with Crippen LogP contribution in [0.4, 0.5) is 0 Å². The molecule has 0 aliphatic heterocycles. The number of nitrogens with one attached hydrogen (secondary N) is 1. The van der Waals surface area contributed by atoms with E-state index in [-0.39, 0.29) is 17.1 Å². The molecule has 5 heteroatoms. The fourth-order valence-corrected chi connectivity index (χ4v) is 2.93. The number of halogens is 1. The van der Waals surface area contributed by atoms with Crippen LogP contribution in [0.2, 0.25) is 5.15 Å². The molecule has 1 aliphatic rings. The Kier molecular flexibility index (Phi) is 5.14. The van der Waals surface area contributed by atoms with Crippen molar-refractivity contribution in [3.8, 4) is 0 Å². The molecule has 0 radical (unpaired) electrons. The van der Waals surface area contributed by atoms with Crippen molar-refractivity contribution >= 4 is 17.5 Å². The minimum Gasteiger partial charge on any atom is -0.348 e. The molecule has 1 aromatic rings. The highest BCUT2D eigenvalue weighted by Crippen LogP contribution is 2.27. The maximum absolute atomic E-state index is 12.1. The molecule has 19 heavy (non-hydrogen) atoms. The summed E-state index contributed by atoms with van der Waals surface area (Å²) in [7, 11) is 0. The minimum atomic E-state index is -0.174. The summed E-state index contributed by atoms with van der Waals surface area (Å²) in [5.41, 5.74) is 0.293. The van der Waals surface area contributed by atoms with Crippen LogP contribution in [-0.2, 0) is 0 Å². The Hall–Kier alpha value is -1.16. The van der Waals surface area contributed by atoms with Crippen LogP contribution in [0.15, 0.2) is 12.4 Å². The van der Waals surface area contributed by atoms with Gasteiger partial charge in [0, 0.05) is 6.04 Å². The zero-order valence-corrected chi connectivity index (χ0v) is 12.0. The Bertz CT molecular complexity index is 432. The van der Waals surface area contributed by atoms with Crippen molar-refractivity contribution in [3.05, 3.63) is 23.2 Å². The van der Waals surface area contributed by atoms with Crippen LogP contribution < -0.4 is 5.32 Å². The molecule has 0 aromatic carbocycles. The highest BCUT2D eigenvalue weighted by molar-refractivity contribution is 6.29. The molecule has 1 aliphatic carbocycles. The number of hydrogen-bond acceptors (Lipinski definition) is 3. The van der Waals surface area contributed by atoms with Crippen LogP contribution in [0.3, 0.4) is 0 Å². The first-order valence-electron chi connectivity index (χ1n) is 6.99. The number of amides is 1. The molecule has 1 N–H and O–H groups in total. The molecule has 1 fully saturated rings. The van der Waals surface area contributed by atoms with Crippen LogP contribution in [0.25, 0.3) is 0 Å². The molecule has 0 saturated heterocycles. The van der Waals surface area contributed by atoms with Crippen LogP contribution in [0.1, 0.15) is 55.9 Å². The van der Waals surface area contributed by atoms with Crippen molar-refractivity contribution in [2.45, 2.75) is 51.5 Å². The lowest BCUT2D eigenvalue weighted by Crippen LogP contribution is -2.41. The van der Waals surface area contributed by atoms with Crippen molar-refractivity contribution in [1.82, 2.24) is 15.3 Å². The van der Waals surface area contributed by atoms with Gasteiger partial charge >= 0.3 is 0 Å². The molecule has 4 nitrogen and oxygen atoms in total. The zero-order chi connectivity index (χ0) is 13.7. The Labute approximate surface area is 119 Å². The summed E-state index contributed by atoms with van der Waals surface area (Å²) in [5, 5.41) is 3.33. The predicted molar refractivity (Wildman–Crippen MR) is 75.2 cm³/mol. The number of carbonyl (C=O) groups excluding carboxylic acids is 1. The van der Waals surface area contributed by atoms with E-state index < -0.39 is 0 Å². The average Bonchev–Trinajstić information content (AvgIpc) is 2.45. The second-order valence-corrected chi connectivity index (χ2v) is 5.50.